The van der Waals surface area contributed by atoms with Crippen molar-refractivity contribution in [3.8, 4) is 0 Å². The maximum Gasteiger partial charge on any atom is 0.112 e. The Bertz CT molecular complexity index is 1090. The van der Waals surface area contributed by atoms with E-state index in [1.165, 1.54) is 152 Å². The summed E-state index contributed by atoms with van der Waals surface area (Å²) in [6.45, 7) is 8.23. The standard InChI is InChI=1S/C43H68N2/c1-4-6-8-10-12-14-15-17-19-21-29-36-45-37-35-44-42(45)41(34-28-20-18-16-13-11-9-7-5-2)43(3,40-32-26-23-27-33-40)38-39-30-24-22-25-31-39/h22-27,30-33,35,37,41H,4-21,28-29,34,36,38H2,1-3H3. The second-order valence-corrected chi connectivity index (χ2v) is 14.1. The van der Waals surface area contributed by atoms with Crippen molar-refractivity contribution < 1.29 is 0 Å². The van der Waals surface area contributed by atoms with Gasteiger partial charge in [-0.05, 0) is 30.4 Å². The van der Waals surface area contributed by atoms with Crippen molar-refractivity contribution >= 4 is 0 Å². The van der Waals surface area contributed by atoms with Gasteiger partial charge in [-0.15, -0.1) is 0 Å². The Morgan fingerprint density at radius 2 is 1.04 bits per heavy atom. The SMILES string of the molecule is CCCCCCCCCCCCCn1ccnc1C(CCCCCCCCCCC)C(C)(Cc1ccccc1)c1ccccc1. The Morgan fingerprint density at radius 1 is 0.578 bits per heavy atom. The molecule has 2 heteroatoms. The average molecular weight is 613 g/mol. The van der Waals surface area contributed by atoms with Gasteiger partial charge in [0.1, 0.15) is 5.82 Å². The minimum absolute atomic E-state index is 0.0248. The van der Waals surface area contributed by atoms with Crippen molar-refractivity contribution in [2.75, 3.05) is 0 Å². The smallest absolute Gasteiger partial charge is 0.112 e. The summed E-state index contributed by atoms with van der Waals surface area (Å²) in [5.41, 5.74) is 2.84. The molecule has 3 rings (SSSR count). The first-order valence-corrected chi connectivity index (χ1v) is 19.3. The summed E-state index contributed by atoms with van der Waals surface area (Å²) in [7, 11) is 0. The zero-order valence-electron chi connectivity index (χ0n) is 29.7. The van der Waals surface area contributed by atoms with Crippen LogP contribution in [0.1, 0.15) is 178 Å². The van der Waals surface area contributed by atoms with E-state index >= 15 is 0 Å². The molecule has 0 aliphatic heterocycles. The molecule has 0 spiro atoms. The van der Waals surface area contributed by atoms with Gasteiger partial charge < -0.3 is 4.57 Å². The van der Waals surface area contributed by atoms with Gasteiger partial charge in [0, 0.05) is 30.3 Å². The number of imidazole rings is 1. The molecule has 0 fully saturated rings. The molecular formula is C43H68N2. The van der Waals surface area contributed by atoms with Gasteiger partial charge in [0.05, 0.1) is 0 Å². The third-order valence-corrected chi connectivity index (χ3v) is 10.3. The van der Waals surface area contributed by atoms with Crippen molar-refractivity contribution in [3.63, 3.8) is 0 Å². The highest BCUT2D eigenvalue weighted by atomic mass is 15.1. The van der Waals surface area contributed by atoms with E-state index in [0.717, 1.165) is 13.0 Å². The van der Waals surface area contributed by atoms with Gasteiger partial charge in [0.15, 0.2) is 0 Å². The van der Waals surface area contributed by atoms with E-state index in [0.29, 0.717) is 5.92 Å². The molecule has 1 heterocycles. The molecule has 0 bridgehead atoms. The van der Waals surface area contributed by atoms with Crippen molar-refractivity contribution in [1.29, 1.82) is 0 Å². The van der Waals surface area contributed by atoms with E-state index in [2.05, 4.69) is 98.4 Å². The number of rotatable bonds is 27. The van der Waals surface area contributed by atoms with Gasteiger partial charge >= 0.3 is 0 Å². The molecule has 2 unspecified atom stereocenters. The first-order chi connectivity index (χ1) is 22.2. The molecule has 1 aromatic heterocycles. The molecule has 45 heavy (non-hydrogen) atoms. The van der Waals surface area contributed by atoms with Crippen LogP contribution in [0.3, 0.4) is 0 Å². The van der Waals surface area contributed by atoms with E-state index in [9.17, 15) is 0 Å². The van der Waals surface area contributed by atoms with Crippen LogP contribution in [0, 0.1) is 0 Å². The first kappa shape index (κ1) is 37.1. The topological polar surface area (TPSA) is 17.8 Å². The first-order valence-electron chi connectivity index (χ1n) is 19.3. The van der Waals surface area contributed by atoms with Gasteiger partial charge in [-0.25, -0.2) is 4.98 Å². The molecule has 0 radical (unpaired) electrons. The zero-order valence-corrected chi connectivity index (χ0v) is 29.7. The molecule has 2 atom stereocenters. The van der Waals surface area contributed by atoms with E-state index in [4.69, 9.17) is 4.98 Å². The highest BCUT2D eigenvalue weighted by Crippen LogP contribution is 2.44. The summed E-state index contributed by atoms with van der Waals surface area (Å²) in [5, 5.41) is 0. The molecule has 0 saturated carbocycles. The molecule has 0 aliphatic carbocycles. The third-order valence-electron chi connectivity index (χ3n) is 10.3. The minimum atomic E-state index is -0.0248. The highest BCUT2D eigenvalue weighted by molar-refractivity contribution is 5.33. The van der Waals surface area contributed by atoms with Crippen LogP contribution in [0.15, 0.2) is 73.1 Å². The van der Waals surface area contributed by atoms with E-state index < -0.39 is 0 Å². The van der Waals surface area contributed by atoms with Crippen molar-refractivity contribution in [2.45, 2.75) is 180 Å². The largest absolute Gasteiger partial charge is 0.335 e. The number of aromatic nitrogens is 2. The summed E-state index contributed by atoms with van der Waals surface area (Å²) in [6, 6.07) is 22.5. The van der Waals surface area contributed by atoms with Gasteiger partial charge in [-0.2, -0.15) is 0 Å². The monoisotopic (exact) mass is 613 g/mol. The number of aryl methyl sites for hydroxylation is 1. The van der Waals surface area contributed by atoms with Crippen molar-refractivity contribution in [3.05, 3.63) is 90.0 Å². The maximum absolute atomic E-state index is 5.14. The lowest BCUT2D eigenvalue weighted by molar-refractivity contribution is 0.321. The third kappa shape index (κ3) is 13.9. The van der Waals surface area contributed by atoms with Gasteiger partial charge in [0.2, 0.25) is 0 Å². The molecule has 2 nitrogen and oxygen atoms in total. The fourth-order valence-corrected chi connectivity index (χ4v) is 7.42. The quantitative estimate of drug-likeness (QED) is 0.0783. The molecule has 0 aliphatic rings. The predicted octanol–water partition coefficient (Wildman–Crippen LogP) is 13.4. The number of benzene rings is 2. The Hall–Kier alpha value is -2.35. The molecule has 2 aromatic carbocycles. The summed E-state index contributed by atoms with van der Waals surface area (Å²) in [4.78, 5) is 5.14. The summed E-state index contributed by atoms with van der Waals surface area (Å²) in [6.07, 6.45) is 34.1. The second kappa shape index (κ2) is 23.0. The predicted molar refractivity (Wildman–Crippen MR) is 197 cm³/mol. The van der Waals surface area contributed by atoms with Crippen molar-refractivity contribution in [1.82, 2.24) is 9.55 Å². The van der Waals surface area contributed by atoms with Crippen LogP contribution in [-0.4, -0.2) is 9.55 Å². The molecule has 0 saturated heterocycles. The van der Waals surface area contributed by atoms with Crippen molar-refractivity contribution in [2.24, 2.45) is 0 Å². The number of unbranched alkanes of at least 4 members (excludes halogenated alkanes) is 18. The van der Waals surface area contributed by atoms with Crippen LogP contribution in [0.25, 0.3) is 0 Å². The summed E-state index contributed by atoms with van der Waals surface area (Å²) >= 11 is 0. The maximum atomic E-state index is 5.14. The average Bonchev–Trinajstić information content (AvgIpc) is 3.53. The second-order valence-electron chi connectivity index (χ2n) is 14.1. The fraction of sp³-hybridized carbons (Fsp3) is 0.651. The van der Waals surface area contributed by atoms with Crippen LogP contribution in [0.4, 0.5) is 0 Å². The molecule has 3 aromatic rings. The number of nitrogens with zero attached hydrogens (tertiary/aromatic N) is 2. The highest BCUT2D eigenvalue weighted by Gasteiger charge is 2.39. The van der Waals surface area contributed by atoms with Crippen LogP contribution < -0.4 is 0 Å². The zero-order chi connectivity index (χ0) is 31.8. The Morgan fingerprint density at radius 3 is 1.58 bits per heavy atom. The van der Waals surface area contributed by atoms with E-state index in [1.807, 2.05) is 0 Å². The Balaban J connectivity index is 1.65. The van der Waals surface area contributed by atoms with Crippen LogP contribution in [-0.2, 0) is 18.4 Å². The van der Waals surface area contributed by atoms with Gasteiger partial charge in [-0.3, -0.25) is 0 Å². The Labute approximate surface area is 278 Å². The van der Waals surface area contributed by atoms with Gasteiger partial charge in [0.25, 0.3) is 0 Å². The molecule has 250 valence electrons. The minimum Gasteiger partial charge on any atom is -0.335 e. The molecular weight excluding hydrogens is 544 g/mol. The lowest BCUT2D eigenvalue weighted by Gasteiger charge is -2.39. The molecule has 0 amide bonds. The van der Waals surface area contributed by atoms with E-state index in [1.54, 1.807) is 0 Å². The normalized spacial score (nSPS) is 13.6. The fourth-order valence-electron chi connectivity index (χ4n) is 7.42. The van der Waals surface area contributed by atoms with E-state index in [-0.39, 0.29) is 5.41 Å². The van der Waals surface area contributed by atoms with Gasteiger partial charge in [-0.1, -0.05) is 203 Å². The Kier molecular flexibility index (Phi) is 19.0. The number of hydrogen-bond acceptors (Lipinski definition) is 1. The number of hydrogen-bond donors (Lipinski definition) is 0. The molecule has 0 N–H and O–H groups in total. The van der Waals surface area contributed by atoms with Crippen LogP contribution in [0.2, 0.25) is 0 Å². The lowest BCUT2D eigenvalue weighted by Crippen LogP contribution is -2.35. The lowest BCUT2D eigenvalue weighted by atomic mass is 9.66. The summed E-state index contributed by atoms with van der Waals surface area (Å²) in [5.74, 6) is 1.69. The summed E-state index contributed by atoms with van der Waals surface area (Å²) < 4.78 is 2.53. The van der Waals surface area contributed by atoms with Crippen LogP contribution >= 0.6 is 0 Å². The van der Waals surface area contributed by atoms with Crippen LogP contribution in [0.5, 0.6) is 0 Å².